The van der Waals surface area contributed by atoms with Gasteiger partial charge >= 0.3 is 0 Å². The highest BCUT2D eigenvalue weighted by molar-refractivity contribution is 7.91. The van der Waals surface area contributed by atoms with Crippen molar-refractivity contribution < 1.29 is 22.4 Å². The predicted molar refractivity (Wildman–Crippen MR) is 98.0 cm³/mol. The minimum Gasteiger partial charge on any atom is -0.373 e. The lowest BCUT2D eigenvalue weighted by Gasteiger charge is -2.12. The second-order valence-corrected chi connectivity index (χ2v) is 7.51. The van der Waals surface area contributed by atoms with E-state index >= 15 is 0 Å². The van der Waals surface area contributed by atoms with E-state index in [1.54, 1.807) is 0 Å². The Morgan fingerprint density at radius 3 is 2.50 bits per heavy atom. The number of sulfone groups is 1. The summed E-state index contributed by atoms with van der Waals surface area (Å²) in [5, 5.41) is 19.2. The van der Waals surface area contributed by atoms with Crippen LogP contribution in [0.15, 0.2) is 33.3 Å². The van der Waals surface area contributed by atoms with Crippen molar-refractivity contribution in [2.24, 2.45) is 27.6 Å². The number of guanidine groups is 1. The Hall–Kier alpha value is -3.53. The molecule has 0 bridgehead atoms. The number of benzene rings is 1. The van der Waals surface area contributed by atoms with Crippen LogP contribution >= 0.6 is 0 Å². The van der Waals surface area contributed by atoms with Crippen molar-refractivity contribution in [1.29, 1.82) is 5.26 Å². The summed E-state index contributed by atoms with van der Waals surface area (Å²) >= 11 is 0. The fourth-order valence-corrected chi connectivity index (χ4v) is 3.47. The van der Waals surface area contributed by atoms with Crippen molar-refractivity contribution in [1.82, 2.24) is 10.6 Å². The largest absolute Gasteiger partial charge is 0.373 e. The Labute approximate surface area is 160 Å². The van der Waals surface area contributed by atoms with Gasteiger partial charge in [0, 0.05) is 13.0 Å². The number of rotatable bonds is 6. The number of amides is 2. The molecule has 0 aliphatic carbocycles. The van der Waals surface area contributed by atoms with Gasteiger partial charge in [-0.3, -0.25) is 14.9 Å². The second-order valence-electron chi connectivity index (χ2n) is 5.47. The van der Waals surface area contributed by atoms with Crippen LogP contribution in [0.25, 0.3) is 0 Å². The molecule has 6 N–H and O–H groups in total. The molecule has 0 saturated carbocycles. The number of nitriles is 1. The van der Waals surface area contributed by atoms with Gasteiger partial charge in [0.1, 0.15) is 11.9 Å². The summed E-state index contributed by atoms with van der Waals surface area (Å²) in [5.41, 5.74) is 10.2. The molecule has 150 valence electrons. The number of halogens is 1. The highest BCUT2D eigenvalue weighted by Gasteiger charge is 2.25. The fourth-order valence-electron chi connectivity index (χ4n) is 1.91. The molecule has 13 heteroatoms. The van der Waals surface area contributed by atoms with Gasteiger partial charge in [0.15, 0.2) is 9.84 Å². The van der Waals surface area contributed by atoms with Gasteiger partial charge in [-0.1, -0.05) is 6.92 Å². The van der Waals surface area contributed by atoms with E-state index < -0.39 is 50.9 Å². The lowest BCUT2D eigenvalue weighted by molar-refractivity contribution is -0.122. The van der Waals surface area contributed by atoms with Crippen LogP contribution in [0.2, 0.25) is 0 Å². The zero-order valence-corrected chi connectivity index (χ0v) is 15.7. The SMILES string of the molecule is CNC(=O)c1ccc(S(=O)(=O)C[C@@H](C)C(=O)N/C(N)=N/N=C(\N)C#N)cc1F. The zero-order valence-electron chi connectivity index (χ0n) is 14.9. The number of amidine groups is 1. The van der Waals surface area contributed by atoms with Crippen molar-refractivity contribution in [2.45, 2.75) is 11.8 Å². The average molecular weight is 411 g/mol. The molecule has 0 heterocycles. The van der Waals surface area contributed by atoms with E-state index in [1.165, 1.54) is 20.0 Å². The van der Waals surface area contributed by atoms with Crippen LogP contribution < -0.4 is 22.1 Å². The number of nitrogens with zero attached hydrogens (tertiary/aromatic N) is 3. The Kier molecular flexibility index (Phi) is 7.57. The first kappa shape index (κ1) is 22.5. The maximum absolute atomic E-state index is 14.0. The van der Waals surface area contributed by atoms with E-state index in [4.69, 9.17) is 16.7 Å². The van der Waals surface area contributed by atoms with Crippen LogP contribution in [0, 0.1) is 23.1 Å². The van der Waals surface area contributed by atoms with Gasteiger partial charge in [-0.05, 0) is 18.2 Å². The maximum Gasteiger partial charge on any atom is 0.253 e. The van der Waals surface area contributed by atoms with E-state index in [0.29, 0.717) is 6.07 Å². The van der Waals surface area contributed by atoms with Gasteiger partial charge in [0.2, 0.25) is 17.7 Å². The minimum absolute atomic E-state index is 0.312. The van der Waals surface area contributed by atoms with Crippen molar-refractivity contribution in [2.75, 3.05) is 12.8 Å². The van der Waals surface area contributed by atoms with Crippen molar-refractivity contribution in [3.8, 4) is 6.07 Å². The van der Waals surface area contributed by atoms with Gasteiger partial charge in [-0.25, -0.2) is 12.8 Å². The smallest absolute Gasteiger partial charge is 0.253 e. The van der Waals surface area contributed by atoms with E-state index in [-0.39, 0.29) is 10.5 Å². The number of carbonyl (C=O) groups is 2. The minimum atomic E-state index is -4.05. The third kappa shape index (κ3) is 6.02. The molecule has 0 saturated heterocycles. The molecule has 0 aromatic heterocycles. The third-order valence-electron chi connectivity index (χ3n) is 3.32. The van der Waals surface area contributed by atoms with Crippen LogP contribution in [0.4, 0.5) is 4.39 Å². The molecule has 1 atom stereocenters. The van der Waals surface area contributed by atoms with Crippen LogP contribution in [-0.2, 0) is 14.6 Å². The molecule has 0 spiro atoms. The van der Waals surface area contributed by atoms with Crippen LogP contribution in [0.1, 0.15) is 17.3 Å². The molecule has 1 rings (SSSR count). The molecule has 1 aromatic carbocycles. The van der Waals surface area contributed by atoms with Gasteiger partial charge in [-0.15, -0.1) is 10.2 Å². The van der Waals surface area contributed by atoms with Crippen molar-refractivity contribution >= 4 is 33.4 Å². The normalized spacial score (nSPS) is 13.4. The standard InChI is InChI=1S/C15H18FN7O4S/c1-8(13(24)21-15(19)23-22-12(18)6-17)7-28(26,27)9-3-4-10(11(16)5-9)14(25)20-2/h3-5,8H,7H2,1-2H3,(H2,18,22)(H,20,25)(H3,19,21,23,24)/t8-/m1/s1. The van der Waals surface area contributed by atoms with E-state index in [0.717, 1.165) is 12.1 Å². The topological polar surface area (TPSA) is 193 Å². The third-order valence-corrected chi connectivity index (χ3v) is 5.23. The molecule has 1 aromatic rings. The lowest BCUT2D eigenvalue weighted by atomic mass is 10.2. The lowest BCUT2D eigenvalue weighted by Crippen LogP contribution is -2.41. The van der Waals surface area contributed by atoms with Crippen LogP contribution in [0.3, 0.4) is 0 Å². The second kappa shape index (κ2) is 9.42. The Morgan fingerprint density at radius 2 is 1.96 bits per heavy atom. The maximum atomic E-state index is 14.0. The Morgan fingerprint density at radius 1 is 1.32 bits per heavy atom. The molecular weight excluding hydrogens is 393 g/mol. The Balaban J connectivity index is 2.91. The first-order chi connectivity index (χ1) is 13.0. The zero-order chi connectivity index (χ0) is 21.5. The van der Waals surface area contributed by atoms with Gasteiger partial charge < -0.3 is 16.8 Å². The first-order valence-corrected chi connectivity index (χ1v) is 9.29. The van der Waals surface area contributed by atoms with Crippen LogP contribution in [-0.4, -0.2) is 44.8 Å². The number of hydrogen-bond donors (Lipinski definition) is 4. The summed E-state index contributed by atoms with van der Waals surface area (Å²) in [6.07, 6.45) is 0. The van der Waals surface area contributed by atoms with E-state index in [9.17, 15) is 22.4 Å². The van der Waals surface area contributed by atoms with E-state index in [1.807, 2.05) is 0 Å². The highest BCUT2D eigenvalue weighted by Crippen LogP contribution is 2.18. The molecule has 0 aliphatic rings. The summed E-state index contributed by atoms with van der Waals surface area (Å²) in [7, 11) is -2.74. The predicted octanol–water partition coefficient (Wildman–Crippen LogP) is -1.18. The summed E-state index contributed by atoms with van der Waals surface area (Å²) in [4.78, 5) is 23.1. The average Bonchev–Trinajstić information content (AvgIpc) is 2.64. The number of nitrogens with one attached hydrogen (secondary N) is 2. The quantitative estimate of drug-likeness (QED) is 0.257. The van der Waals surface area contributed by atoms with Crippen LogP contribution in [0.5, 0.6) is 0 Å². The molecule has 0 unspecified atom stereocenters. The molecule has 28 heavy (non-hydrogen) atoms. The summed E-state index contributed by atoms with van der Waals surface area (Å²) in [6, 6.07) is 4.30. The van der Waals surface area contributed by atoms with Gasteiger partial charge in [-0.2, -0.15) is 5.26 Å². The number of carbonyl (C=O) groups excluding carboxylic acids is 2. The summed E-state index contributed by atoms with van der Waals surface area (Å²) < 4.78 is 38.8. The monoisotopic (exact) mass is 411 g/mol. The number of nitrogens with two attached hydrogens (primary N) is 2. The molecule has 2 amide bonds. The van der Waals surface area contributed by atoms with Crippen molar-refractivity contribution in [3.05, 3.63) is 29.6 Å². The van der Waals surface area contributed by atoms with Crippen molar-refractivity contribution in [3.63, 3.8) is 0 Å². The molecule has 0 fully saturated rings. The molecule has 11 nitrogen and oxygen atoms in total. The van der Waals surface area contributed by atoms with Gasteiger partial charge in [0.25, 0.3) is 5.91 Å². The molecule has 0 radical (unpaired) electrons. The van der Waals surface area contributed by atoms with Gasteiger partial charge in [0.05, 0.1) is 16.2 Å². The summed E-state index contributed by atoms with van der Waals surface area (Å²) in [6.45, 7) is 1.31. The summed E-state index contributed by atoms with van der Waals surface area (Å²) in [5.74, 6) is -5.24. The highest BCUT2D eigenvalue weighted by atomic mass is 32.2. The molecular formula is C15H18FN7O4S. The first-order valence-electron chi connectivity index (χ1n) is 7.63. The Bertz CT molecular complexity index is 983. The fraction of sp³-hybridized carbons (Fsp3) is 0.267. The number of hydrogen-bond acceptors (Lipinski definition) is 7. The molecule has 0 aliphatic heterocycles. The van der Waals surface area contributed by atoms with E-state index in [2.05, 4.69) is 20.8 Å².